The number of phenolic OH excluding ortho intramolecular Hbond substituents is 1. The monoisotopic (exact) mass is 590 g/mol. The summed E-state index contributed by atoms with van der Waals surface area (Å²) in [6.45, 7) is 0. The molecular weight excluding hydrogens is 569 g/mol. The van der Waals surface area contributed by atoms with Gasteiger partial charge in [0.05, 0.1) is 28.0 Å². The normalized spacial score (nSPS) is 23.4. The molecule has 0 spiro atoms. The Kier molecular flexibility index (Phi) is 6.99. The van der Waals surface area contributed by atoms with Crippen molar-refractivity contribution in [1.82, 2.24) is 5.32 Å². The highest BCUT2D eigenvalue weighted by atomic mass is 79.9. The van der Waals surface area contributed by atoms with Crippen molar-refractivity contribution in [2.45, 2.75) is 35.7 Å². The number of halogens is 4. The first kappa shape index (κ1) is 26.3. The van der Waals surface area contributed by atoms with Crippen LogP contribution in [0.2, 0.25) is 0 Å². The van der Waals surface area contributed by atoms with E-state index in [0.29, 0.717) is 10.9 Å². The maximum atomic E-state index is 13.2. The number of fused-ring (bicyclic) bond motifs is 2. The van der Waals surface area contributed by atoms with Crippen molar-refractivity contribution in [2.75, 3.05) is 12.4 Å². The number of anilines is 1. The van der Waals surface area contributed by atoms with E-state index in [1.165, 1.54) is 25.3 Å². The van der Waals surface area contributed by atoms with E-state index in [2.05, 4.69) is 26.6 Å². The first-order valence-electron chi connectivity index (χ1n) is 10.9. The average molecular weight is 591 g/mol. The molecule has 2 aliphatic carbocycles. The topological polar surface area (TPSA) is 122 Å². The quantitative estimate of drug-likeness (QED) is 0.462. The van der Waals surface area contributed by atoms with E-state index in [9.17, 15) is 36.3 Å². The molecular formula is C23H22BrF3N2O6S. The van der Waals surface area contributed by atoms with Crippen LogP contribution in [0.3, 0.4) is 0 Å². The number of hydrogen-bond donors (Lipinski definition) is 3. The third kappa shape index (κ3) is 4.77. The Labute approximate surface area is 213 Å². The number of benzene rings is 2. The Bertz CT molecular complexity index is 1320. The van der Waals surface area contributed by atoms with Gasteiger partial charge in [-0.2, -0.15) is 13.2 Å². The Balaban J connectivity index is 1.55. The predicted molar refractivity (Wildman–Crippen MR) is 126 cm³/mol. The number of alkyl halides is 3. The number of carbonyl (C=O) groups excluding carboxylic acids is 2. The Morgan fingerprint density at radius 1 is 1.14 bits per heavy atom. The van der Waals surface area contributed by atoms with Gasteiger partial charge in [-0.3, -0.25) is 9.59 Å². The third-order valence-electron chi connectivity index (χ3n) is 6.75. The first-order chi connectivity index (χ1) is 16.8. The SMILES string of the molecule is COc1cc(Br)c(O)cc1C(=O)NC1C2CCC(C2)C1C(=O)Nc1cccc(S(=O)(=O)C(F)(F)F)c1. The van der Waals surface area contributed by atoms with Crippen molar-refractivity contribution < 1.29 is 41.0 Å². The summed E-state index contributed by atoms with van der Waals surface area (Å²) in [5.41, 5.74) is -5.50. The second-order valence-corrected chi connectivity index (χ2v) is 11.6. The fourth-order valence-corrected chi connectivity index (χ4v) is 6.23. The number of ether oxygens (including phenoxy) is 1. The molecule has 2 amide bonds. The molecule has 4 unspecified atom stereocenters. The zero-order valence-electron chi connectivity index (χ0n) is 18.8. The van der Waals surface area contributed by atoms with Gasteiger partial charge in [-0.1, -0.05) is 6.07 Å². The maximum Gasteiger partial charge on any atom is 0.501 e. The molecule has 2 fully saturated rings. The lowest BCUT2D eigenvalue weighted by Gasteiger charge is -2.31. The van der Waals surface area contributed by atoms with Crippen molar-refractivity contribution in [3.05, 3.63) is 46.4 Å². The average Bonchev–Trinajstić information content (AvgIpc) is 3.41. The van der Waals surface area contributed by atoms with Crippen LogP contribution in [0.25, 0.3) is 0 Å². The molecule has 0 aromatic heterocycles. The molecule has 0 heterocycles. The molecule has 2 aliphatic rings. The molecule has 8 nitrogen and oxygen atoms in total. The highest BCUT2D eigenvalue weighted by molar-refractivity contribution is 9.10. The van der Waals surface area contributed by atoms with Gasteiger partial charge in [0.2, 0.25) is 5.91 Å². The summed E-state index contributed by atoms with van der Waals surface area (Å²) < 4.78 is 67.8. The largest absolute Gasteiger partial charge is 0.507 e. The second-order valence-electron chi connectivity index (χ2n) is 8.83. The van der Waals surface area contributed by atoms with Crippen LogP contribution in [-0.4, -0.2) is 44.0 Å². The highest BCUT2D eigenvalue weighted by Gasteiger charge is 2.52. The number of amides is 2. The van der Waals surface area contributed by atoms with E-state index < -0.39 is 44.0 Å². The lowest BCUT2D eigenvalue weighted by Crippen LogP contribution is -2.48. The minimum absolute atomic E-state index is 0.0154. The van der Waals surface area contributed by atoms with Crippen LogP contribution >= 0.6 is 15.9 Å². The minimum atomic E-state index is -5.58. The summed E-state index contributed by atoms with van der Waals surface area (Å²) in [6.07, 6.45) is 2.23. The van der Waals surface area contributed by atoms with Crippen molar-refractivity contribution >= 4 is 43.3 Å². The number of phenols is 1. The van der Waals surface area contributed by atoms with Crippen LogP contribution in [0, 0.1) is 17.8 Å². The van der Waals surface area contributed by atoms with Crippen LogP contribution in [0.4, 0.5) is 18.9 Å². The number of sulfone groups is 1. The predicted octanol–water partition coefficient (Wildman–Crippen LogP) is 4.24. The van der Waals surface area contributed by atoms with E-state index in [0.717, 1.165) is 31.0 Å². The van der Waals surface area contributed by atoms with E-state index in [1.54, 1.807) is 0 Å². The Morgan fingerprint density at radius 2 is 1.83 bits per heavy atom. The summed E-state index contributed by atoms with van der Waals surface area (Å²) in [7, 11) is -4.21. The molecule has 2 bridgehead atoms. The highest BCUT2D eigenvalue weighted by Crippen LogP contribution is 2.49. The van der Waals surface area contributed by atoms with Crippen LogP contribution in [0.5, 0.6) is 11.5 Å². The Hall–Kier alpha value is -2.80. The van der Waals surface area contributed by atoms with Gasteiger partial charge in [-0.05, 0) is 77.4 Å². The minimum Gasteiger partial charge on any atom is -0.507 e. The number of rotatable bonds is 6. The number of aromatic hydroxyl groups is 1. The van der Waals surface area contributed by atoms with Gasteiger partial charge in [-0.15, -0.1) is 0 Å². The van der Waals surface area contributed by atoms with E-state index in [1.807, 2.05) is 0 Å². The summed E-state index contributed by atoms with van der Waals surface area (Å²) >= 11 is 3.16. The zero-order valence-corrected chi connectivity index (χ0v) is 21.2. The number of hydrogen-bond acceptors (Lipinski definition) is 6. The molecule has 2 aromatic carbocycles. The van der Waals surface area contributed by atoms with Crippen LogP contribution in [0.1, 0.15) is 29.6 Å². The lowest BCUT2D eigenvalue weighted by molar-refractivity contribution is -0.122. The first-order valence-corrected chi connectivity index (χ1v) is 13.2. The molecule has 194 valence electrons. The smallest absolute Gasteiger partial charge is 0.501 e. The molecule has 36 heavy (non-hydrogen) atoms. The van der Waals surface area contributed by atoms with E-state index in [4.69, 9.17) is 4.74 Å². The van der Waals surface area contributed by atoms with Crippen LogP contribution in [0.15, 0.2) is 45.8 Å². The van der Waals surface area contributed by atoms with Gasteiger partial charge in [0.15, 0.2) is 0 Å². The van der Waals surface area contributed by atoms with Crippen molar-refractivity contribution in [3.8, 4) is 11.5 Å². The fourth-order valence-electron chi connectivity index (χ4n) is 5.10. The number of methoxy groups -OCH3 is 1. The molecule has 13 heteroatoms. The van der Waals surface area contributed by atoms with Crippen molar-refractivity contribution in [3.63, 3.8) is 0 Å². The van der Waals surface area contributed by atoms with Gasteiger partial charge in [0, 0.05) is 11.7 Å². The fraction of sp³-hybridized carbons (Fsp3) is 0.391. The maximum absolute atomic E-state index is 13.2. The Morgan fingerprint density at radius 3 is 2.50 bits per heavy atom. The molecule has 2 saturated carbocycles. The van der Waals surface area contributed by atoms with Crippen LogP contribution in [-0.2, 0) is 14.6 Å². The number of carbonyl (C=O) groups is 2. The van der Waals surface area contributed by atoms with Crippen molar-refractivity contribution in [1.29, 1.82) is 0 Å². The van der Waals surface area contributed by atoms with Gasteiger partial charge in [-0.25, -0.2) is 8.42 Å². The lowest BCUT2D eigenvalue weighted by atomic mass is 9.83. The summed E-state index contributed by atoms with van der Waals surface area (Å²) in [5.74, 6) is -1.75. The summed E-state index contributed by atoms with van der Waals surface area (Å²) in [6, 6.07) is 6.10. The van der Waals surface area contributed by atoms with E-state index >= 15 is 0 Å². The molecule has 0 radical (unpaired) electrons. The molecule has 0 aliphatic heterocycles. The molecule has 3 N–H and O–H groups in total. The molecule has 2 aromatic rings. The third-order valence-corrected chi connectivity index (χ3v) is 8.87. The second kappa shape index (κ2) is 9.58. The summed E-state index contributed by atoms with van der Waals surface area (Å²) in [5, 5.41) is 15.4. The van der Waals surface area contributed by atoms with Crippen molar-refractivity contribution in [2.24, 2.45) is 17.8 Å². The molecule has 4 atom stereocenters. The summed E-state index contributed by atoms with van der Waals surface area (Å²) in [4.78, 5) is 25.3. The number of nitrogens with one attached hydrogen (secondary N) is 2. The van der Waals surface area contributed by atoms with Gasteiger partial charge >= 0.3 is 5.51 Å². The molecule has 4 rings (SSSR count). The standard InChI is InChI=1S/C23H22BrF3N2O6S/c1-35-18-10-16(24)17(30)9-15(18)21(31)29-20-12-6-5-11(7-12)19(20)22(32)28-13-3-2-4-14(8-13)36(33,34)23(25,26)27/h2-4,8-12,19-20,30H,5-7H2,1H3,(H,28,32)(H,29,31). The van der Waals surface area contributed by atoms with Gasteiger partial charge < -0.3 is 20.5 Å². The molecule has 0 saturated heterocycles. The van der Waals surface area contributed by atoms with Crippen LogP contribution < -0.4 is 15.4 Å². The van der Waals surface area contributed by atoms with Gasteiger partial charge in [0.25, 0.3) is 15.7 Å². The zero-order chi connectivity index (χ0) is 26.4. The van der Waals surface area contributed by atoms with E-state index in [-0.39, 0.29) is 34.6 Å². The van der Waals surface area contributed by atoms with Gasteiger partial charge in [0.1, 0.15) is 11.5 Å².